The molecule has 0 aromatic rings. The van der Waals surface area contributed by atoms with Gasteiger partial charge in [0.2, 0.25) is 0 Å². The second kappa shape index (κ2) is 8.94. The molecule has 6 unspecified atom stereocenters. The summed E-state index contributed by atoms with van der Waals surface area (Å²) in [6.07, 6.45) is 8.34. The van der Waals surface area contributed by atoms with Crippen LogP contribution < -0.4 is 0 Å². The van der Waals surface area contributed by atoms with Gasteiger partial charge in [-0.3, -0.25) is 0 Å². The number of rotatable bonds is 8. The normalized spacial score (nSPS) is 31.5. The van der Waals surface area contributed by atoms with Crippen LogP contribution in [0.3, 0.4) is 0 Å². The molecule has 0 amide bonds. The van der Waals surface area contributed by atoms with Gasteiger partial charge in [0.1, 0.15) is 0 Å². The number of hydrogen-bond acceptors (Lipinski definition) is 0. The summed E-state index contributed by atoms with van der Waals surface area (Å²) in [4.78, 5) is 0. The van der Waals surface area contributed by atoms with Crippen molar-refractivity contribution in [2.45, 2.75) is 80.1 Å². The van der Waals surface area contributed by atoms with E-state index in [2.05, 4.69) is 54.7 Å². The van der Waals surface area contributed by atoms with E-state index in [0.29, 0.717) is 11.8 Å². The first-order chi connectivity index (χ1) is 10.2. The lowest BCUT2D eigenvalue weighted by atomic mass is 9.65. The van der Waals surface area contributed by atoms with E-state index in [0.717, 1.165) is 23.7 Å². The van der Waals surface area contributed by atoms with E-state index < -0.39 is 0 Å². The zero-order chi connectivity index (χ0) is 16.9. The van der Waals surface area contributed by atoms with Crippen molar-refractivity contribution >= 4 is 0 Å². The van der Waals surface area contributed by atoms with Crippen LogP contribution in [0.1, 0.15) is 80.1 Å². The van der Waals surface area contributed by atoms with Crippen molar-refractivity contribution in [3.63, 3.8) is 0 Å². The van der Waals surface area contributed by atoms with Crippen LogP contribution in [0.4, 0.5) is 0 Å². The highest BCUT2D eigenvalue weighted by Crippen LogP contribution is 2.43. The lowest BCUT2D eigenvalue weighted by molar-refractivity contribution is 0.0969. The van der Waals surface area contributed by atoms with Crippen LogP contribution in [0.2, 0.25) is 0 Å². The molecule has 0 nitrogen and oxygen atoms in total. The summed E-state index contributed by atoms with van der Waals surface area (Å²) in [5.41, 5.74) is 2.70. The molecule has 1 saturated carbocycles. The van der Waals surface area contributed by atoms with E-state index in [4.69, 9.17) is 0 Å². The Kier molecular flexibility index (Phi) is 7.94. The van der Waals surface area contributed by atoms with Gasteiger partial charge >= 0.3 is 0 Å². The molecule has 1 aliphatic rings. The Balaban J connectivity index is 2.44. The Morgan fingerprint density at radius 1 is 0.818 bits per heavy atom. The maximum Gasteiger partial charge on any atom is -0.0237 e. The summed E-state index contributed by atoms with van der Waals surface area (Å²) in [5, 5.41) is 0. The molecule has 0 spiro atoms. The topological polar surface area (TPSA) is 0 Å². The average Bonchev–Trinajstić information content (AvgIpc) is 2.46. The van der Waals surface area contributed by atoms with Crippen molar-refractivity contribution in [3.8, 4) is 0 Å². The monoisotopic (exact) mass is 304 g/mol. The Bertz CT molecular complexity index is 328. The first-order valence-electron chi connectivity index (χ1n) is 9.54. The van der Waals surface area contributed by atoms with Crippen molar-refractivity contribution in [2.75, 3.05) is 0 Å². The molecule has 0 saturated heterocycles. The maximum absolute atomic E-state index is 4.11. The van der Waals surface area contributed by atoms with Gasteiger partial charge in [-0.2, -0.15) is 0 Å². The lowest BCUT2D eigenvalue weighted by Crippen LogP contribution is -2.31. The molecule has 6 atom stereocenters. The van der Waals surface area contributed by atoms with Crippen LogP contribution in [0.15, 0.2) is 24.3 Å². The van der Waals surface area contributed by atoms with Gasteiger partial charge in [0.15, 0.2) is 0 Å². The molecule has 1 rings (SSSR count). The fourth-order valence-electron chi connectivity index (χ4n) is 4.05. The molecule has 0 heteroatoms. The molecule has 1 aliphatic carbocycles. The first-order valence-corrected chi connectivity index (χ1v) is 9.54. The average molecular weight is 305 g/mol. The van der Waals surface area contributed by atoms with Crippen molar-refractivity contribution in [3.05, 3.63) is 24.3 Å². The first kappa shape index (κ1) is 19.5. The van der Waals surface area contributed by atoms with Crippen LogP contribution in [0.5, 0.6) is 0 Å². The summed E-state index contributed by atoms with van der Waals surface area (Å²) < 4.78 is 0. The standard InChI is InChI=1S/C22H40/c1-15(2)17(5)9-11-21-13-14-22(20(8)19(21)7)12-10-18(6)16(3)4/h17-22H,1,3,9-14H2,2,4-8H3. The van der Waals surface area contributed by atoms with Crippen LogP contribution in [0, 0.1) is 35.5 Å². The quantitative estimate of drug-likeness (QED) is 0.414. The summed E-state index contributed by atoms with van der Waals surface area (Å²) in [5.74, 6) is 5.03. The Hall–Kier alpha value is -0.520. The Morgan fingerprint density at radius 2 is 1.14 bits per heavy atom. The molecule has 0 aromatic carbocycles. The van der Waals surface area contributed by atoms with E-state index in [1.807, 2.05) is 0 Å². The summed E-state index contributed by atoms with van der Waals surface area (Å²) in [7, 11) is 0. The lowest BCUT2D eigenvalue weighted by Gasteiger charge is -2.41. The van der Waals surface area contributed by atoms with Crippen molar-refractivity contribution in [2.24, 2.45) is 35.5 Å². The van der Waals surface area contributed by atoms with Gasteiger partial charge in [0.05, 0.1) is 0 Å². The highest BCUT2D eigenvalue weighted by atomic mass is 14.4. The predicted octanol–water partition coefficient (Wildman–Crippen LogP) is 7.27. The van der Waals surface area contributed by atoms with Crippen molar-refractivity contribution < 1.29 is 0 Å². The van der Waals surface area contributed by atoms with Crippen LogP contribution >= 0.6 is 0 Å². The van der Waals surface area contributed by atoms with Gasteiger partial charge in [0, 0.05) is 0 Å². The highest BCUT2D eigenvalue weighted by Gasteiger charge is 2.33. The van der Waals surface area contributed by atoms with Gasteiger partial charge in [-0.05, 0) is 87.9 Å². The largest absolute Gasteiger partial charge is 0.0999 e. The third-order valence-corrected chi connectivity index (χ3v) is 6.85. The molecule has 0 N–H and O–H groups in total. The molecule has 22 heavy (non-hydrogen) atoms. The fraction of sp³-hybridized carbons (Fsp3) is 0.818. The van der Waals surface area contributed by atoms with Gasteiger partial charge in [-0.1, -0.05) is 52.0 Å². The summed E-state index contributed by atoms with van der Waals surface area (Å²) >= 11 is 0. The third kappa shape index (κ3) is 5.60. The molecule has 0 aromatic heterocycles. The van der Waals surface area contributed by atoms with E-state index in [1.54, 1.807) is 0 Å². The van der Waals surface area contributed by atoms with Crippen molar-refractivity contribution in [1.29, 1.82) is 0 Å². The Morgan fingerprint density at radius 3 is 1.41 bits per heavy atom. The second-order valence-corrected chi connectivity index (χ2v) is 8.47. The van der Waals surface area contributed by atoms with E-state index in [9.17, 15) is 0 Å². The molecule has 0 bridgehead atoms. The zero-order valence-corrected chi connectivity index (χ0v) is 16.1. The van der Waals surface area contributed by atoms with E-state index in [1.165, 1.54) is 49.7 Å². The number of allylic oxidation sites excluding steroid dienone is 2. The molecule has 0 radical (unpaired) electrons. The minimum Gasteiger partial charge on any atom is -0.0999 e. The molecule has 0 heterocycles. The Labute approximate surface area is 140 Å². The van der Waals surface area contributed by atoms with E-state index >= 15 is 0 Å². The van der Waals surface area contributed by atoms with Gasteiger partial charge in [-0.15, -0.1) is 0 Å². The zero-order valence-electron chi connectivity index (χ0n) is 16.1. The molecule has 1 fully saturated rings. The van der Waals surface area contributed by atoms with Crippen molar-refractivity contribution in [1.82, 2.24) is 0 Å². The van der Waals surface area contributed by atoms with Crippen LogP contribution in [-0.4, -0.2) is 0 Å². The smallest absolute Gasteiger partial charge is 0.0237 e. The summed E-state index contributed by atoms with van der Waals surface area (Å²) in [6, 6.07) is 0. The number of hydrogen-bond donors (Lipinski definition) is 0. The highest BCUT2D eigenvalue weighted by molar-refractivity contribution is 4.95. The van der Waals surface area contributed by atoms with Gasteiger partial charge in [-0.25, -0.2) is 0 Å². The van der Waals surface area contributed by atoms with Gasteiger partial charge < -0.3 is 0 Å². The van der Waals surface area contributed by atoms with Crippen LogP contribution in [0.25, 0.3) is 0 Å². The van der Waals surface area contributed by atoms with E-state index in [-0.39, 0.29) is 0 Å². The van der Waals surface area contributed by atoms with Gasteiger partial charge in [0.25, 0.3) is 0 Å². The van der Waals surface area contributed by atoms with Crippen LogP contribution in [-0.2, 0) is 0 Å². The summed E-state index contributed by atoms with van der Waals surface area (Å²) in [6.45, 7) is 22.3. The maximum atomic E-state index is 4.11. The second-order valence-electron chi connectivity index (χ2n) is 8.47. The predicted molar refractivity (Wildman–Crippen MR) is 101 cm³/mol. The third-order valence-electron chi connectivity index (χ3n) is 6.85. The molecule has 128 valence electrons. The molecule has 0 aliphatic heterocycles. The SMILES string of the molecule is C=C(C)C(C)CCC1CCC(CCC(C)C(=C)C)C(C)C1C. The fourth-order valence-corrected chi connectivity index (χ4v) is 4.05. The minimum absolute atomic E-state index is 0.691. The molecular weight excluding hydrogens is 264 g/mol. The molecular formula is C22H40. The minimum atomic E-state index is 0.691.